The topological polar surface area (TPSA) is 0 Å². The number of fused-ring (bicyclic) bond motifs is 2. The van der Waals surface area contributed by atoms with Crippen LogP contribution < -0.4 is 17.0 Å². The van der Waals surface area contributed by atoms with E-state index < -0.39 is 0 Å². The Bertz CT molecular complexity index is 100. The predicted molar refractivity (Wildman–Crippen MR) is 39.0 cm³/mol. The first-order valence-corrected chi connectivity index (χ1v) is 3.54. The molecule has 0 aromatic carbocycles. The molecular weight excluding hydrogens is 200 g/mol. The second kappa shape index (κ2) is 4.78. The van der Waals surface area contributed by atoms with Crippen LogP contribution in [0, 0.1) is 17.9 Å². The number of hydrogen-bond donors (Lipinski definition) is 0. The minimum absolute atomic E-state index is 0. The van der Waals surface area contributed by atoms with Crippen molar-refractivity contribution in [3.05, 3.63) is 12.2 Å². The van der Waals surface area contributed by atoms with Crippen LogP contribution in [-0.4, -0.2) is 23.1 Å². The van der Waals surface area contributed by atoms with Gasteiger partial charge in [-0.3, -0.25) is 6.08 Å². The molecule has 0 saturated heterocycles. The maximum atomic E-state index is 3.39. The number of allylic oxidation sites excluding steroid dienone is 2. The Balaban J connectivity index is 0.000000405. The summed E-state index contributed by atoms with van der Waals surface area (Å²) in [5.74, 6) is 1.76. The van der Waals surface area contributed by atoms with E-state index in [1.807, 2.05) is 0 Å². The van der Waals surface area contributed by atoms with Crippen molar-refractivity contribution in [2.75, 3.05) is 0 Å². The van der Waals surface area contributed by atoms with E-state index in [4.69, 9.17) is 0 Å². The van der Waals surface area contributed by atoms with Crippen LogP contribution in [0.5, 0.6) is 0 Å². The third kappa shape index (κ3) is 2.24. The maximum Gasteiger partial charge on any atom is 2.00 e. The summed E-state index contributed by atoms with van der Waals surface area (Å²) in [5, 5.41) is 0. The molecule has 0 amide bonds. The molecule has 0 aliphatic heterocycles. The Morgan fingerprint density at radius 1 is 1.10 bits per heavy atom. The molecule has 1 saturated carbocycles. The van der Waals surface area contributed by atoms with Gasteiger partial charge in [0.1, 0.15) is 0 Å². The molecule has 2 bridgehead atoms. The largest absolute Gasteiger partial charge is 2.00 e. The third-order valence-electron chi connectivity index (χ3n) is 2.34. The third-order valence-corrected chi connectivity index (χ3v) is 2.34. The zero-order valence-corrected chi connectivity index (χ0v) is 9.15. The average Bonchev–Trinajstić information content (AvgIpc) is 1.92. The van der Waals surface area contributed by atoms with E-state index in [1.165, 1.54) is 25.7 Å². The number of halogens is 1. The van der Waals surface area contributed by atoms with Crippen LogP contribution in [0.3, 0.4) is 0 Å². The molecule has 52 valence electrons. The molecule has 0 aromatic rings. The molecule has 3 aliphatic carbocycles. The van der Waals surface area contributed by atoms with Crippen LogP contribution in [0.15, 0.2) is 6.08 Å². The van der Waals surface area contributed by atoms with Crippen molar-refractivity contribution in [2.24, 2.45) is 11.8 Å². The van der Waals surface area contributed by atoms with Gasteiger partial charge in [-0.15, -0.1) is 0 Å². The molecule has 10 heavy (non-hydrogen) atoms. The second-order valence-electron chi connectivity index (χ2n) is 2.95. The van der Waals surface area contributed by atoms with Gasteiger partial charge in [-0.1, -0.05) is 31.6 Å². The molecule has 0 radical (unpaired) electrons. The van der Waals surface area contributed by atoms with Crippen molar-refractivity contribution in [3.63, 3.8) is 0 Å². The van der Waals surface area contributed by atoms with Crippen molar-refractivity contribution < 1.29 is 17.0 Å². The van der Waals surface area contributed by atoms with Gasteiger partial charge >= 0.3 is 23.1 Å². The standard InChI is InChI=1S/C8H11.BrH.Mg/c1-2-8-5-3-7(1)4-6-8;;/h1,7-8H,3-6H2;1H;/q-1;;+2/p-1. The number of rotatable bonds is 0. The normalized spacial score (nSPS) is 34.4. The van der Waals surface area contributed by atoms with Gasteiger partial charge in [0, 0.05) is 0 Å². The van der Waals surface area contributed by atoms with E-state index in [0.717, 1.165) is 11.8 Å². The van der Waals surface area contributed by atoms with Crippen molar-refractivity contribution in [2.45, 2.75) is 25.7 Å². The van der Waals surface area contributed by atoms with Crippen molar-refractivity contribution in [3.8, 4) is 0 Å². The second-order valence-corrected chi connectivity index (χ2v) is 2.95. The summed E-state index contributed by atoms with van der Waals surface area (Å²) < 4.78 is 0. The quantitative estimate of drug-likeness (QED) is 0.348. The molecule has 0 spiro atoms. The summed E-state index contributed by atoms with van der Waals surface area (Å²) in [6.07, 6.45) is 11.4. The molecule has 1 fully saturated rings. The van der Waals surface area contributed by atoms with Gasteiger partial charge in [-0.2, -0.15) is 5.92 Å². The average molecular weight is 211 g/mol. The van der Waals surface area contributed by atoms with E-state index in [1.54, 1.807) is 0 Å². The zero-order valence-electron chi connectivity index (χ0n) is 6.15. The maximum absolute atomic E-state index is 3.39. The molecule has 0 N–H and O–H groups in total. The van der Waals surface area contributed by atoms with Crippen LogP contribution in [0.25, 0.3) is 0 Å². The fourth-order valence-electron chi connectivity index (χ4n) is 1.72. The summed E-state index contributed by atoms with van der Waals surface area (Å²) in [7, 11) is 0. The Morgan fingerprint density at radius 3 is 1.80 bits per heavy atom. The van der Waals surface area contributed by atoms with E-state index in [0.29, 0.717) is 0 Å². The fraction of sp³-hybridized carbons (Fsp3) is 0.750. The Labute approximate surface area is 89.4 Å². The molecule has 2 heteroatoms. The van der Waals surface area contributed by atoms with E-state index >= 15 is 0 Å². The van der Waals surface area contributed by atoms with Gasteiger partial charge in [-0.25, -0.2) is 0 Å². The minimum atomic E-state index is 0. The molecule has 0 atom stereocenters. The van der Waals surface area contributed by atoms with Gasteiger partial charge in [0.25, 0.3) is 0 Å². The van der Waals surface area contributed by atoms with E-state index in [-0.39, 0.29) is 40.0 Å². The number of hydrogen-bond acceptors (Lipinski definition) is 0. The zero-order chi connectivity index (χ0) is 5.40. The van der Waals surface area contributed by atoms with Crippen LogP contribution in [0.1, 0.15) is 25.7 Å². The van der Waals surface area contributed by atoms with Crippen molar-refractivity contribution in [1.82, 2.24) is 0 Å². The summed E-state index contributed by atoms with van der Waals surface area (Å²) in [5.41, 5.74) is 0. The van der Waals surface area contributed by atoms with Gasteiger partial charge in [0.15, 0.2) is 0 Å². The molecule has 0 aromatic heterocycles. The molecule has 0 heterocycles. The Kier molecular flexibility index (Phi) is 5.25. The fourth-order valence-corrected chi connectivity index (χ4v) is 1.72. The summed E-state index contributed by atoms with van der Waals surface area (Å²) in [4.78, 5) is 0. The summed E-state index contributed by atoms with van der Waals surface area (Å²) in [6.45, 7) is 0. The van der Waals surface area contributed by atoms with Crippen LogP contribution >= 0.6 is 0 Å². The van der Waals surface area contributed by atoms with Crippen molar-refractivity contribution >= 4 is 23.1 Å². The predicted octanol–water partition coefficient (Wildman–Crippen LogP) is -1.21. The van der Waals surface area contributed by atoms with Crippen molar-refractivity contribution in [1.29, 1.82) is 0 Å². The van der Waals surface area contributed by atoms with E-state index in [2.05, 4.69) is 12.2 Å². The summed E-state index contributed by atoms with van der Waals surface area (Å²) >= 11 is 0. The van der Waals surface area contributed by atoms with Crippen LogP contribution in [-0.2, 0) is 0 Å². The molecule has 0 unspecified atom stereocenters. The van der Waals surface area contributed by atoms with Crippen LogP contribution in [0.2, 0.25) is 0 Å². The summed E-state index contributed by atoms with van der Waals surface area (Å²) in [6, 6.07) is 0. The Hall–Kier alpha value is 0.986. The van der Waals surface area contributed by atoms with Gasteiger partial charge < -0.3 is 23.1 Å². The van der Waals surface area contributed by atoms with Gasteiger partial charge in [0.2, 0.25) is 0 Å². The Morgan fingerprint density at radius 2 is 1.70 bits per heavy atom. The molecule has 0 nitrogen and oxygen atoms in total. The SMILES string of the molecule is [Br-].[C-]1=CC2CCC1CC2.[Mg+2]. The first-order valence-electron chi connectivity index (χ1n) is 3.54. The smallest absolute Gasteiger partial charge is 1.00 e. The molecular formula is C8H11BrMg. The van der Waals surface area contributed by atoms with E-state index in [9.17, 15) is 0 Å². The molecule has 3 aliphatic rings. The first kappa shape index (κ1) is 11.0. The first-order chi connectivity index (χ1) is 3.95. The monoisotopic (exact) mass is 210 g/mol. The van der Waals surface area contributed by atoms with Crippen LogP contribution in [0.4, 0.5) is 0 Å². The van der Waals surface area contributed by atoms with Gasteiger partial charge in [0.05, 0.1) is 0 Å². The minimum Gasteiger partial charge on any atom is -1.00 e. The molecule has 3 rings (SSSR count). The van der Waals surface area contributed by atoms with Gasteiger partial charge in [-0.05, 0) is 0 Å².